The van der Waals surface area contributed by atoms with Gasteiger partial charge in [0, 0.05) is 6.04 Å². The van der Waals surface area contributed by atoms with Crippen molar-refractivity contribution in [1.29, 1.82) is 0 Å². The molecule has 0 saturated heterocycles. The molecule has 2 atom stereocenters. The van der Waals surface area contributed by atoms with Crippen molar-refractivity contribution in [2.45, 2.75) is 53.0 Å². The van der Waals surface area contributed by atoms with Gasteiger partial charge in [0.2, 0.25) is 0 Å². The molecule has 0 aromatic heterocycles. The molecule has 0 aliphatic carbocycles. The molecule has 14 heavy (non-hydrogen) atoms. The van der Waals surface area contributed by atoms with Crippen LogP contribution in [-0.4, -0.2) is 24.3 Å². The highest BCUT2D eigenvalue weighted by atomic mass is 16.3. The molecule has 2 nitrogen and oxygen atoms in total. The molecule has 0 rings (SSSR count). The van der Waals surface area contributed by atoms with E-state index in [-0.39, 0.29) is 12.6 Å². The second-order valence-electron chi connectivity index (χ2n) is 4.81. The molecule has 0 heterocycles. The number of rotatable bonds is 8. The van der Waals surface area contributed by atoms with Crippen molar-refractivity contribution >= 4 is 0 Å². The summed E-state index contributed by atoms with van der Waals surface area (Å²) in [6.07, 6.45) is 3.58. The fraction of sp³-hybridized carbons (Fsp3) is 1.00. The van der Waals surface area contributed by atoms with E-state index in [1.165, 1.54) is 12.8 Å². The van der Waals surface area contributed by atoms with E-state index in [9.17, 15) is 0 Å². The van der Waals surface area contributed by atoms with E-state index in [1.54, 1.807) is 0 Å². The van der Waals surface area contributed by atoms with Crippen molar-refractivity contribution < 1.29 is 5.11 Å². The molecule has 86 valence electrons. The zero-order valence-electron chi connectivity index (χ0n) is 10.2. The van der Waals surface area contributed by atoms with Gasteiger partial charge in [0.15, 0.2) is 0 Å². The first-order chi connectivity index (χ1) is 6.60. The summed E-state index contributed by atoms with van der Waals surface area (Å²) in [6, 6.07) is 0.286. The molecule has 0 saturated carbocycles. The van der Waals surface area contributed by atoms with Crippen molar-refractivity contribution in [3.63, 3.8) is 0 Å². The Kier molecular flexibility index (Phi) is 8.20. The molecule has 2 heteroatoms. The van der Waals surface area contributed by atoms with Crippen molar-refractivity contribution in [2.24, 2.45) is 11.8 Å². The van der Waals surface area contributed by atoms with Gasteiger partial charge in [0.1, 0.15) is 0 Å². The molecule has 0 aromatic carbocycles. The van der Waals surface area contributed by atoms with Crippen molar-refractivity contribution in [3.8, 4) is 0 Å². The smallest absolute Gasteiger partial charge is 0.0584 e. The van der Waals surface area contributed by atoms with E-state index in [2.05, 4.69) is 33.0 Å². The third-order valence-electron chi connectivity index (χ3n) is 2.51. The fourth-order valence-corrected chi connectivity index (χ4v) is 1.75. The third-order valence-corrected chi connectivity index (χ3v) is 2.51. The van der Waals surface area contributed by atoms with Crippen LogP contribution in [0.4, 0.5) is 0 Å². The summed E-state index contributed by atoms with van der Waals surface area (Å²) in [7, 11) is 0. The zero-order chi connectivity index (χ0) is 11.0. The van der Waals surface area contributed by atoms with Crippen molar-refractivity contribution in [3.05, 3.63) is 0 Å². The minimum atomic E-state index is 0.261. The van der Waals surface area contributed by atoms with E-state index < -0.39 is 0 Å². The van der Waals surface area contributed by atoms with E-state index in [0.717, 1.165) is 18.9 Å². The third kappa shape index (κ3) is 7.34. The van der Waals surface area contributed by atoms with E-state index >= 15 is 0 Å². The lowest BCUT2D eigenvalue weighted by atomic mass is 10.0. The number of aliphatic hydroxyl groups excluding tert-OH is 1. The second kappa shape index (κ2) is 8.25. The maximum atomic E-state index is 9.16. The molecule has 0 amide bonds. The van der Waals surface area contributed by atoms with Gasteiger partial charge >= 0.3 is 0 Å². The van der Waals surface area contributed by atoms with Gasteiger partial charge < -0.3 is 10.4 Å². The van der Waals surface area contributed by atoms with Crippen LogP contribution in [0.5, 0.6) is 0 Å². The lowest BCUT2D eigenvalue weighted by molar-refractivity contribution is 0.219. The summed E-state index contributed by atoms with van der Waals surface area (Å²) in [6.45, 7) is 10.2. The minimum Gasteiger partial charge on any atom is -0.395 e. The summed E-state index contributed by atoms with van der Waals surface area (Å²) in [5.74, 6) is 1.38. The Morgan fingerprint density at radius 1 is 1.21 bits per heavy atom. The highest BCUT2D eigenvalue weighted by molar-refractivity contribution is 4.68. The van der Waals surface area contributed by atoms with Crippen LogP contribution in [0.2, 0.25) is 0 Å². The molecule has 0 spiro atoms. The monoisotopic (exact) mass is 201 g/mol. The average Bonchev–Trinajstić information content (AvgIpc) is 2.12. The molecular weight excluding hydrogens is 174 g/mol. The summed E-state index contributed by atoms with van der Waals surface area (Å²) >= 11 is 0. The topological polar surface area (TPSA) is 32.3 Å². The predicted molar refractivity (Wildman–Crippen MR) is 62.4 cm³/mol. The van der Waals surface area contributed by atoms with Crippen LogP contribution in [0.3, 0.4) is 0 Å². The minimum absolute atomic E-state index is 0.261. The summed E-state index contributed by atoms with van der Waals surface area (Å²) in [4.78, 5) is 0. The van der Waals surface area contributed by atoms with Crippen LogP contribution < -0.4 is 5.32 Å². The highest BCUT2D eigenvalue weighted by Crippen LogP contribution is 2.07. The fourth-order valence-electron chi connectivity index (χ4n) is 1.75. The lowest BCUT2D eigenvalue weighted by Gasteiger charge is -2.20. The number of nitrogens with one attached hydrogen (secondary N) is 1. The van der Waals surface area contributed by atoms with Crippen molar-refractivity contribution in [1.82, 2.24) is 5.32 Å². The molecule has 0 aliphatic rings. The normalized spacial score (nSPS) is 15.9. The van der Waals surface area contributed by atoms with Gasteiger partial charge in [-0.1, -0.05) is 34.1 Å². The van der Waals surface area contributed by atoms with Gasteiger partial charge in [-0.3, -0.25) is 0 Å². The Hall–Kier alpha value is -0.0800. The van der Waals surface area contributed by atoms with Gasteiger partial charge in [-0.2, -0.15) is 0 Å². The quantitative estimate of drug-likeness (QED) is 0.632. The summed E-state index contributed by atoms with van der Waals surface area (Å²) < 4.78 is 0. The lowest BCUT2D eigenvalue weighted by Crippen LogP contribution is -2.36. The zero-order valence-corrected chi connectivity index (χ0v) is 10.2. The van der Waals surface area contributed by atoms with Crippen LogP contribution in [0.1, 0.15) is 47.0 Å². The molecule has 0 bridgehead atoms. The van der Waals surface area contributed by atoms with Gasteiger partial charge in [-0.25, -0.2) is 0 Å². The number of hydrogen-bond acceptors (Lipinski definition) is 2. The Morgan fingerprint density at radius 3 is 2.29 bits per heavy atom. The van der Waals surface area contributed by atoms with Gasteiger partial charge in [-0.15, -0.1) is 0 Å². The van der Waals surface area contributed by atoms with Crippen LogP contribution >= 0.6 is 0 Å². The highest BCUT2D eigenvalue weighted by Gasteiger charge is 2.10. The Bertz CT molecular complexity index is 125. The van der Waals surface area contributed by atoms with Crippen LogP contribution in [0.15, 0.2) is 0 Å². The van der Waals surface area contributed by atoms with E-state index in [0.29, 0.717) is 5.92 Å². The van der Waals surface area contributed by atoms with Crippen LogP contribution in [0.25, 0.3) is 0 Å². The summed E-state index contributed by atoms with van der Waals surface area (Å²) in [5, 5.41) is 12.6. The Balaban J connectivity index is 3.60. The van der Waals surface area contributed by atoms with Crippen LogP contribution in [0, 0.1) is 11.8 Å². The molecule has 0 fully saturated rings. The molecular formula is C12H27NO. The first-order valence-corrected chi connectivity index (χ1v) is 5.94. The molecule has 2 N–H and O–H groups in total. The Morgan fingerprint density at radius 2 is 1.86 bits per heavy atom. The first kappa shape index (κ1) is 13.9. The predicted octanol–water partition coefficient (Wildman–Crippen LogP) is 2.42. The largest absolute Gasteiger partial charge is 0.395 e. The number of hydrogen-bond donors (Lipinski definition) is 2. The molecule has 0 aliphatic heterocycles. The SMILES string of the molecule is CCC[C@H](C)CN[C@H](CO)CC(C)C. The van der Waals surface area contributed by atoms with Crippen molar-refractivity contribution in [2.75, 3.05) is 13.2 Å². The maximum Gasteiger partial charge on any atom is 0.0584 e. The Labute approximate surface area is 89.1 Å². The van der Waals surface area contributed by atoms with Crippen LogP contribution in [-0.2, 0) is 0 Å². The van der Waals surface area contributed by atoms with Gasteiger partial charge in [0.25, 0.3) is 0 Å². The number of aliphatic hydroxyl groups is 1. The van der Waals surface area contributed by atoms with Gasteiger partial charge in [-0.05, 0) is 31.2 Å². The van der Waals surface area contributed by atoms with E-state index in [1.807, 2.05) is 0 Å². The molecule has 0 unspecified atom stereocenters. The van der Waals surface area contributed by atoms with E-state index in [4.69, 9.17) is 5.11 Å². The average molecular weight is 201 g/mol. The van der Waals surface area contributed by atoms with Gasteiger partial charge in [0.05, 0.1) is 6.61 Å². The second-order valence-corrected chi connectivity index (χ2v) is 4.81. The molecule has 0 aromatic rings. The maximum absolute atomic E-state index is 9.16. The first-order valence-electron chi connectivity index (χ1n) is 5.94. The standard InChI is InChI=1S/C12H27NO/c1-5-6-11(4)8-13-12(9-14)7-10(2)3/h10-14H,5-9H2,1-4H3/t11-,12-/m0/s1. The molecule has 0 radical (unpaired) electrons. The summed E-state index contributed by atoms with van der Waals surface area (Å²) in [5.41, 5.74) is 0.